The number of aliphatic hydroxyl groups is 1. The van der Waals surface area contributed by atoms with E-state index in [9.17, 15) is 4.79 Å². The average molecular weight is 247 g/mol. The van der Waals surface area contributed by atoms with Crippen molar-refractivity contribution < 1.29 is 9.90 Å². The molecule has 0 saturated heterocycles. The molecule has 0 aliphatic heterocycles. The van der Waals surface area contributed by atoms with Crippen molar-refractivity contribution in [2.24, 2.45) is 0 Å². The highest BCUT2D eigenvalue weighted by Gasteiger charge is 2.09. The third-order valence-corrected chi connectivity index (χ3v) is 2.80. The van der Waals surface area contributed by atoms with Gasteiger partial charge in [-0.3, -0.25) is 4.79 Å². The number of fused-ring (bicyclic) bond motifs is 1. The van der Waals surface area contributed by atoms with Gasteiger partial charge >= 0.3 is 0 Å². The molecule has 0 spiro atoms. The molecule has 2 N–H and O–H groups in total. The molecule has 5 heteroatoms. The number of benzene rings is 1. The van der Waals surface area contributed by atoms with Crippen molar-refractivity contribution in [3.63, 3.8) is 0 Å². The maximum absolute atomic E-state index is 11.7. The van der Waals surface area contributed by atoms with Crippen molar-refractivity contribution in [1.82, 2.24) is 14.9 Å². The lowest BCUT2D eigenvalue weighted by Gasteiger charge is -2.07. The van der Waals surface area contributed by atoms with Crippen LogP contribution in [0.25, 0.3) is 11.0 Å². The van der Waals surface area contributed by atoms with Crippen LogP contribution in [-0.2, 0) is 11.3 Å². The number of aliphatic hydroxyl groups excluding tert-OH is 1. The quantitative estimate of drug-likeness (QED) is 0.769. The summed E-state index contributed by atoms with van der Waals surface area (Å²) in [4.78, 5) is 16.1. The molecule has 1 aromatic carbocycles. The molecule has 5 nitrogen and oxygen atoms in total. The molecule has 96 valence electrons. The molecular weight excluding hydrogens is 230 g/mol. The summed E-state index contributed by atoms with van der Waals surface area (Å²) in [6, 6.07) is 7.75. The van der Waals surface area contributed by atoms with E-state index in [2.05, 4.69) is 10.3 Å². The Kier molecular flexibility index (Phi) is 3.94. The first kappa shape index (κ1) is 12.6. The van der Waals surface area contributed by atoms with E-state index in [1.807, 2.05) is 35.8 Å². The van der Waals surface area contributed by atoms with E-state index >= 15 is 0 Å². The monoisotopic (exact) mass is 247 g/mol. The van der Waals surface area contributed by atoms with Crippen molar-refractivity contribution in [3.8, 4) is 0 Å². The zero-order chi connectivity index (χ0) is 13.0. The van der Waals surface area contributed by atoms with Crippen molar-refractivity contribution in [2.75, 3.05) is 13.2 Å². The Balaban J connectivity index is 2.11. The van der Waals surface area contributed by atoms with Gasteiger partial charge in [0.2, 0.25) is 5.91 Å². The maximum atomic E-state index is 11.7. The first-order chi connectivity index (χ1) is 8.72. The Morgan fingerprint density at radius 2 is 2.22 bits per heavy atom. The largest absolute Gasteiger partial charge is 0.396 e. The zero-order valence-corrected chi connectivity index (χ0v) is 10.4. The van der Waals surface area contributed by atoms with Crippen LogP contribution >= 0.6 is 0 Å². The minimum absolute atomic E-state index is 0.0605. The van der Waals surface area contributed by atoms with Crippen LogP contribution in [0.15, 0.2) is 24.3 Å². The number of hydrogen-bond donors (Lipinski definition) is 2. The van der Waals surface area contributed by atoms with Crippen molar-refractivity contribution in [2.45, 2.75) is 19.9 Å². The summed E-state index contributed by atoms with van der Waals surface area (Å²) in [7, 11) is 0. The van der Waals surface area contributed by atoms with Gasteiger partial charge in [0.05, 0.1) is 11.0 Å². The lowest BCUT2D eigenvalue weighted by molar-refractivity contribution is -0.121. The zero-order valence-electron chi connectivity index (χ0n) is 10.4. The second-order valence-electron chi connectivity index (χ2n) is 4.16. The molecule has 0 saturated carbocycles. The van der Waals surface area contributed by atoms with E-state index in [1.54, 1.807) is 0 Å². The summed E-state index contributed by atoms with van der Waals surface area (Å²) < 4.78 is 1.89. The van der Waals surface area contributed by atoms with E-state index in [0.29, 0.717) is 13.0 Å². The summed E-state index contributed by atoms with van der Waals surface area (Å²) in [6.45, 7) is 2.74. The lowest BCUT2D eigenvalue weighted by atomic mass is 10.3. The van der Waals surface area contributed by atoms with Crippen LogP contribution in [0.5, 0.6) is 0 Å². The lowest BCUT2D eigenvalue weighted by Crippen LogP contribution is -2.29. The molecule has 2 rings (SSSR count). The molecular formula is C13H17N3O2. The number of aryl methyl sites for hydroxylation is 1. The highest BCUT2D eigenvalue weighted by molar-refractivity contribution is 5.81. The van der Waals surface area contributed by atoms with Gasteiger partial charge in [-0.05, 0) is 25.5 Å². The average Bonchev–Trinajstić information content (AvgIpc) is 2.67. The van der Waals surface area contributed by atoms with Crippen LogP contribution in [-0.4, -0.2) is 33.7 Å². The van der Waals surface area contributed by atoms with Gasteiger partial charge in [0.1, 0.15) is 12.4 Å². The standard InChI is InChI=1S/C13H17N3O2/c1-10-15-11-5-2-3-6-12(11)16(10)9-13(18)14-7-4-8-17/h2-3,5-6,17H,4,7-9H2,1H3,(H,14,18). The van der Waals surface area contributed by atoms with E-state index < -0.39 is 0 Å². The Hall–Kier alpha value is -1.88. The van der Waals surface area contributed by atoms with Crippen LogP contribution in [0.1, 0.15) is 12.2 Å². The van der Waals surface area contributed by atoms with E-state index in [0.717, 1.165) is 16.9 Å². The van der Waals surface area contributed by atoms with Gasteiger partial charge in [0.15, 0.2) is 0 Å². The predicted molar refractivity (Wildman–Crippen MR) is 69.2 cm³/mol. The number of imidazole rings is 1. The number of para-hydroxylation sites is 2. The third-order valence-electron chi connectivity index (χ3n) is 2.80. The van der Waals surface area contributed by atoms with Crippen molar-refractivity contribution in [1.29, 1.82) is 0 Å². The normalized spacial score (nSPS) is 10.8. The van der Waals surface area contributed by atoms with Gasteiger partial charge in [-0.1, -0.05) is 12.1 Å². The van der Waals surface area contributed by atoms with E-state index in [4.69, 9.17) is 5.11 Å². The molecule has 1 amide bonds. The van der Waals surface area contributed by atoms with Crippen LogP contribution in [0.2, 0.25) is 0 Å². The molecule has 0 aliphatic carbocycles. The van der Waals surface area contributed by atoms with Crippen LogP contribution in [0, 0.1) is 6.92 Å². The SMILES string of the molecule is Cc1nc2ccccc2n1CC(=O)NCCCO. The fourth-order valence-corrected chi connectivity index (χ4v) is 1.90. The first-order valence-corrected chi connectivity index (χ1v) is 6.02. The summed E-state index contributed by atoms with van der Waals surface area (Å²) in [5, 5.41) is 11.4. The Bertz CT molecular complexity index is 548. The first-order valence-electron chi connectivity index (χ1n) is 6.02. The number of hydrogen-bond acceptors (Lipinski definition) is 3. The van der Waals surface area contributed by atoms with Gasteiger partial charge in [-0.15, -0.1) is 0 Å². The highest BCUT2D eigenvalue weighted by Crippen LogP contribution is 2.14. The van der Waals surface area contributed by atoms with Crippen LogP contribution in [0.4, 0.5) is 0 Å². The Morgan fingerprint density at radius 1 is 1.44 bits per heavy atom. The third kappa shape index (κ3) is 2.68. The van der Waals surface area contributed by atoms with E-state index in [-0.39, 0.29) is 19.1 Å². The van der Waals surface area contributed by atoms with Crippen LogP contribution < -0.4 is 5.32 Å². The smallest absolute Gasteiger partial charge is 0.240 e. The van der Waals surface area contributed by atoms with Gasteiger partial charge in [0, 0.05) is 13.2 Å². The molecule has 2 aromatic rings. The van der Waals surface area contributed by atoms with E-state index in [1.165, 1.54) is 0 Å². The minimum Gasteiger partial charge on any atom is -0.396 e. The van der Waals surface area contributed by atoms with Gasteiger partial charge in [-0.25, -0.2) is 4.98 Å². The molecule has 0 unspecified atom stereocenters. The summed E-state index contributed by atoms with van der Waals surface area (Å²) in [6.07, 6.45) is 0.579. The number of rotatable bonds is 5. The Labute approximate surface area is 105 Å². The molecule has 0 fully saturated rings. The highest BCUT2D eigenvalue weighted by atomic mass is 16.3. The number of nitrogens with zero attached hydrogens (tertiary/aromatic N) is 2. The van der Waals surface area contributed by atoms with Gasteiger partial charge < -0.3 is 15.0 Å². The molecule has 1 heterocycles. The number of nitrogens with one attached hydrogen (secondary N) is 1. The Morgan fingerprint density at radius 3 is 3.00 bits per heavy atom. The predicted octanol–water partition coefficient (Wildman–Crippen LogP) is 0.843. The summed E-state index contributed by atoms with van der Waals surface area (Å²) >= 11 is 0. The second kappa shape index (κ2) is 5.64. The molecule has 1 aromatic heterocycles. The summed E-state index contributed by atoms with van der Waals surface area (Å²) in [5.74, 6) is 0.767. The van der Waals surface area contributed by atoms with Crippen LogP contribution in [0.3, 0.4) is 0 Å². The van der Waals surface area contributed by atoms with Gasteiger partial charge in [0.25, 0.3) is 0 Å². The molecule has 0 bridgehead atoms. The summed E-state index contributed by atoms with van der Waals surface area (Å²) in [5.41, 5.74) is 1.87. The molecule has 0 atom stereocenters. The maximum Gasteiger partial charge on any atom is 0.240 e. The molecule has 0 radical (unpaired) electrons. The minimum atomic E-state index is -0.0605. The fourth-order valence-electron chi connectivity index (χ4n) is 1.90. The molecule has 18 heavy (non-hydrogen) atoms. The number of carbonyl (C=O) groups is 1. The fraction of sp³-hybridized carbons (Fsp3) is 0.385. The topological polar surface area (TPSA) is 67.2 Å². The number of amides is 1. The van der Waals surface area contributed by atoms with Crippen molar-refractivity contribution in [3.05, 3.63) is 30.1 Å². The second-order valence-corrected chi connectivity index (χ2v) is 4.16. The number of carbonyl (C=O) groups excluding carboxylic acids is 1. The van der Waals surface area contributed by atoms with Gasteiger partial charge in [-0.2, -0.15) is 0 Å². The molecule has 0 aliphatic rings. The number of aromatic nitrogens is 2. The van der Waals surface area contributed by atoms with Crippen molar-refractivity contribution >= 4 is 16.9 Å².